The molecule has 3 N–H and O–H groups in total. The molecule has 0 radical (unpaired) electrons. The molecule has 2 aliphatic heterocycles. The highest BCUT2D eigenvalue weighted by Gasteiger charge is 2.82. The van der Waals surface area contributed by atoms with Gasteiger partial charge in [0.1, 0.15) is 17.2 Å². The van der Waals surface area contributed by atoms with Crippen molar-refractivity contribution in [3.8, 4) is 11.5 Å². The molecular weight excluding hydrogens is 572 g/mol. The van der Waals surface area contributed by atoms with Crippen LogP contribution in [-0.4, -0.2) is 76.3 Å². The number of aliphatic hydroxyl groups is 1. The average Bonchev–Trinajstić information content (AvgIpc) is 3.70. The van der Waals surface area contributed by atoms with Crippen LogP contribution in [0.1, 0.15) is 99.1 Å². The fraction of sp³-hybridized carbons (Fsp3) is 0.778. The number of carboxylic acids is 1. The van der Waals surface area contributed by atoms with Gasteiger partial charge in [0, 0.05) is 36.6 Å². The summed E-state index contributed by atoms with van der Waals surface area (Å²) in [6.45, 7) is 20.4. The number of ether oxygens (including phenoxy) is 3. The van der Waals surface area contributed by atoms with Crippen LogP contribution in [-0.2, 0) is 21.4 Å². The number of likely N-dealkylation sites (tertiary alicyclic amines) is 1. The zero-order chi connectivity index (χ0) is 33.1. The quantitative estimate of drug-likeness (QED) is 0.344. The molecule has 250 valence electrons. The van der Waals surface area contributed by atoms with Crippen molar-refractivity contribution in [2.75, 3.05) is 20.2 Å². The molecule has 1 saturated heterocycles. The van der Waals surface area contributed by atoms with Crippen molar-refractivity contribution in [3.63, 3.8) is 0 Å². The minimum absolute atomic E-state index is 0.255. The monoisotopic (exact) mass is 626 g/mol. The Labute approximate surface area is 268 Å². The zero-order valence-electron chi connectivity index (χ0n) is 28.9. The molecule has 0 unspecified atom stereocenters. The first-order valence-electron chi connectivity index (χ1n) is 16.9. The fourth-order valence-electron chi connectivity index (χ4n) is 10.2. The molecule has 0 aromatic heterocycles. The second-order valence-electron chi connectivity index (χ2n) is 16.9. The topological polar surface area (TPSA) is 118 Å². The van der Waals surface area contributed by atoms with E-state index in [1.807, 2.05) is 6.92 Å². The second-order valence-corrected chi connectivity index (χ2v) is 16.9. The normalized spacial score (nSPS) is 37.3. The number of aliphatic carboxylic acids is 1. The molecule has 2 saturated carbocycles. The summed E-state index contributed by atoms with van der Waals surface area (Å²) in [6, 6.07) is 3.04. The van der Waals surface area contributed by atoms with Gasteiger partial charge in [-0.2, -0.15) is 0 Å². The maximum absolute atomic E-state index is 13.2. The number of hydrogen-bond acceptors (Lipinski definition) is 7. The predicted molar refractivity (Wildman–Crippen MR) is 171 cm³/mol. The molecule has 9 heteroatoms. The van der Waals surface area contributed by atoms with Crippen LogP contribution in [0.25, 0.3) is 0 Å². The van der Waals surface area contributed by atoms with E-state index < -0.39 is 45.7 Å². The van der Waals surface area contributed by atoms with Gasteiger partial charge in [0.2, 0.25) is 0 Å². The molecule has 5 aliphatic rings. The first-order chi connectivity index (χ1) is 20.8. The molecule has 2 heterocycles. The van der Waals surface area contributed by atoms with Crippen molar-refractivity contribution in [1.29, 1.82) is 0 Å². The third-order valence-corrected chi connectivity index (χ3v) is 13.6. The Bertz CT molecular complexity index is 1400. The van der Waals surface area contributed by atoms with E-state index in [4.69, 9.17) is 14.2 Å². The summed E-state index contributed by atoms with van der Waals surface area (Å²) < 4.78 is 19.8. The van der Waals surface area contributed by atoms with E-state index in [0.29, 0.717) is 5.75 Å². The number of carboxylic acid groups (broad SMARTS) is 1. The second kappa shape index (κ2) is 10.1. The van der Waals surface area contributed by atoms with E-state index in [0.717, 1.165) is 43.8 Å². The number of carbonyl (C=O) groups is 2. The highest BCUT2D eigenvalue weighted by Crippen LogP contribution is 2.76. The van der Waals surface area contributed by atoms with Gasteiger partial charge in [0.05, 0.1) is 5.60 Å². The molecule has 1 amide bonds. The van der Waals surface area contributed by atoms with Crippen LogP contribution >= 0.6 is 0 Å². The molecule has 45 heavy (non-hydrogen) atoms. The third-order valence-electron chi connectivity index (χ3n) is 13.6. The summed E-state index contributed by atoms with van der Waals surface area (Å²) in [5.74, 6) is -0.129. The summed E-state index contributed by atoms with van der Waals surface area (Å²) in [6.07, 6.45) is 4.21. The third kappa shape index (κ3) is 4.21. The van der Waals surface area contributed by atoms with Crippen molar-refractivity contribution < 1.29 is 34.0 Å². The maximum atomic E-state index is 13.2. The number of nitrogens with zero attached hydrogens (tertiary/aromatic N) is 1. The highest BCUT2D eigenvalue weighted by atomic mass is 16.6. The first-order valence-corrected chi connectivity index (χ1v) is 16.9. The predicted octanol–water partition coefficient (Wildman–Crippen LogP) is 5.54. The standard InChI is InChI=1S/C36H54N2O7/c1-20(2)27(29(39)40)37-30(41)44-23-14-13-22-17-25-32(6)18-24(33(7,42)31(3,4)5)34(8,43-10)35(9)36(32,26(22)28(23)45-35)15-16-38(25)19-21-11-12-21/h13-14,20-21,24-25,27,42H,11-12,15-19H2,1-10H3,(H,37,41)(H,39,40)/t24-,25-,27-,32-,33-,34-,35-,36-/m1/s1. The fourth-order valence-corrected chi connectivity index (χ4v) is 10.2. The molecule has 3 fully saturated rings. The van der Waals surface area contributed by atoms with Gasteiger partial charge in [0.15, 0.2) is 11.5 Å². The largest absolute Gasteiger partial charge is 0.480 e. The Morgan fingerprint density at radius 2 is 1.82 bits per heavy atom. The van der Waals surface area contributed by atoms with E-state index in [1.54, 1.807) is 27.0 Å². The van der Waals surface area contributed by atoms with E-state index in [1.165, 1.54) is 18.4 Å². The Morgan fingerprint density at radius 3 is 2.38 bits per heavy atom. The Morgan fingerprint density at radius 1 is 1.16 bits per heavy atom. The number of carbonyl (C=O) groups excluding carboxylic acids is 1. The van der Waals surface area contributed by atoms with Gasteiger partial charge in [-0.3, -0.25) is 4.90 Å². The molecule has 1 spiro atoms. The molecule has 1 aromatic carbocycles. The average molecular weight is 627 g/mol. The molecule has 3 aliphatic carbocycles. The lowest BCUT2D eigenvalue weighted by atomic mass is 9.35. The van der Waals surface area contributed by atoms with Gasteiger partial charge in [0.25, 0.3) is 0 Å². The molecule has 8 atom stereocenters. The lowest BCUT2D eigenvalue weighted by Crippen LogP contribution is -2.83. The van der Waals surface area contributed by atoms with Crippen molar-refractivity contribution in [3.05, 3.63) is 23.3 Å². The molecular formula is C36H54N2O7. The lowest BCUT2D eigenvalue weighted by molar-refractivity contribution is -0.304. The van der Waals surface area contributed by atoms with E-state index in [9.17, 15) is 19.8 Å². The number of rotatable bonds is 8. The summed E-state index contributed by atoms with van der Waals surface area (Å²) in [4.78, 5) is 27.7. The number of benzene rings is 1. The van der Waals surface area contributed by atoms with Crippen molar-refractivity contribution in [2.24, 2.45) is 28.6 Å². The molecule has 2 bridgehead atoms. The highest BCUT2D eigenvalue weighted by molar-refractivity contribution is 5.81. The number of hydrogen-bond donors (Lipinski definition) is 3. The van der Waals surface area contributed by atoms with E-state index in [-0.39, 0.29) is 29.0 Å². The Hall–Kier alpha value is -2.36. The number of piperidine rings is 1. The van der Waals surface area contributed by atoms with Crippen LogP contribution in [0.15, 0.2) is 12.1 Å². The van der Waals surface area contributed by atoms with Crippen LogP contribution < -0.4 is 14.8 Å². The van der Waals surface area contributed by atoms with Crippen LogP contribution in [0.5, 0.6) is 11.5 Å². The summed E-state index contributed by atoms with van der Waals surface area (Å²) in [5, 5.41) is 24.7. The van der Waals surface area contributed by atoms with Gasteiger partial charge < -0.3 is 29.7 Å². The molecule has 9 nitrogen and oxygen atoms in total. The Kier molecular flexibility index (Phi) is 7.29. The van der Waals surface area contributed by atoms with Crippen molar-refractivity contribution >= 4 is 12.1 Å². The van der Waals surface area contributed by atoms with Gasteiger partial charge in [-0.25, -0.2) is 9.59 Å². The zero-order valence-corrected chi connectivity index (χ0v) is 28.9. The van der Waals surface area contributed by atoms with Crippen molar-refractivity contribution in [2.45, 2.75) is 129 Å². The lowest BCUT2D eigenvalue weighted by Gasteiger charge is -2.73. The number of amides is 1. The van der Waals surface area contributed by atoms with E-state index in [2.05, 4.69) is 57.8 Å². The number of nitrogens with one attached hydrogen (secondary N) is 1. The van der Waals surface area contributed by atoms with Crippen LogP contribution in [0.3, 0.4) is 0 Å². The number of methoxy groups -OCH3 is 1. The Balaban J connectivity index is 1.52. The maximum Gasteiger partial charge on any atom is 0.413 e. The minimum atomic E-state index is -1.11. The van der Waals surface area contributed by atoms with E-state index >= 15 is 0 Å². The van der Waals surface area contributed by atoms with Gasteiger partial charge in [-0.1, -0.05) is 47.6 Å². The summed E-state index contributed by atoms with van der Waals surface area (Å²) in [7, 11) is 1.73. The van der Waals surface area contributed by atoms with Gasteiger partial charge >= 0.3 is 12.1 Å². The first kappa shape index (κ1) is 32.6. The van der Waals surface area contributed by atoms with Crippen LogP contribution in [0, 0.1) is 28.6 Å². The minimum Gasteiger partial charge on any atom is -0.480 e. The smallest absolute Gasteiger partial charge is 0.413 e. The molecule has 1 aromatic rings. The SMILES string of the molecule is CO[C@]1(C)[C@@H]([C@@](C)(O)C(C)(C)C)C[C@]2(C)[C@H]3Cc4ccc(OC(=O)N[C@@H](C(=O)O)C(C)C)c5c4[C@@]2(CCN3CC2CC2)[C@]1(C)O5. The van der Waals surface area contributed by atoms with Gasteiger partial charge in [-0.05, 0) is 93.7 Å². The summed E-state index contributed by atoms with van der Waals surface area (Å²) in [5.41, 5.74) is -1.82. The van der Waals surface area contributed by atoms with Crippen molar-refractivity contribution in [1.82, 2.24) is 10.2 Å². The van der Waals surface area contributed by atoms with Crippen LogP contribution in [0.2, 0.25) is 0 Å². The van der Waals surface area contributed by atoms with Gasteiger partial charge in [-0.15, -0.1) is 0 Å². The molecule has 6 rings (SSSR count). The van der Waals surface area contributed by atoms with Crippen LogP contribution in [0.4, 0.5) is 4.79 Å². The summed E-state index contributed by atoms with van der Waals surface area (Å²) >= 11 is 0.